The number of unbranched alkanes of at least 4 members (excludes halogenated alkanes) is 44. The molecule has 0 aliphatic heterocycles. The summed E-state index contributed by atoms with van der Waals surface area (Å²) in [5, 5.41) is 0. The number of carbonyl (C=O) groups excluding carboxylic acids is 3. The number of carbonyl (C=O) groups is 3. The molecule has 0 aromatic heterocycles. The van der Waals surface area contributed by atoms with Gasteiger partial charge in [0.05, 0.1) is 0 Å². The van der Waals surface area contributed by atoms with Gasteiger partial charge in [-0.1, -0.05) is 301 Å². The smallest absolute Gasteiger partial charge is 0.306 e. The summed E-state index contributed by atoms with van der Waals surface area (Å²) in [5.41, 5.74) is 0. The maximum Gasteiger partial charge on any atom is 0.306 e. The molecule has 0 saturated carbocycles. The highest BCUT2D eigenvalue weighted by atomic mass is 16.6. The summed E-state index contributed by atoms with van der Waals surface area (Å²) >= 11 is 0. The lowest BCUT2D eigenvalue weighted by Crippen LogP contribution is -2.30. The number of allylic oxidation sites excluding steroid dienone is 6. The van der Waals surface area contributed by atoms with Crippen molar-refractivity contribution >= 4 is 17.9 Å². The highest BCUT2D eigenvalue weighted by molar-refractivity contribution is 5.71. The van der Waals surface area contributed by atoms with Gasteiger partial charge in [0.1, 0.15) is 13.2 Å². The summed E-state index contributed by atoms with van der Waals surface area (Å²) in [6.07, 6.45) is 75.7. The number of rotatable bonds is 60. The topological polar surface area (TPSA) is 78.9 Å². The van der Waals surface area contributed by atoms with Crippen molar-refractivity contribution in [1.29, 1.82) is 0 Å². The lowest BCUT2D eigenvalue weighted by atomic mass is 10.0. The van der Waals surface area contributed by atoms with Crippen LogP contribution in [0.3, 0.4) is 0 Å². The van der Waals surface area contributed by atoms with E-state index in [2.05, 4.69) is 57.2 Å². The third-order valence-electron chi connectivity index (χ3n) is 14.6. The predicted octanol–water partition coefficient (Wildman–Crippen LogP) is 22.0. The molecule has 0 N–H and O–H groups in total. The van der Waals surface area contributed by atoms with Crippen LogP contribution in [0.4, 0.5) is 0 Å². The molecular weight excluding hydrogens is 901 g/mol. The first-order valence-corrected chi connectivity index (χ1v) is 32.5. The maximum absolute atomic E-state index is 12.9. The van der Waals surface area contributed by atoms with Crippen LogP contribution in [0.25, 0.3) is 0 Å². The van der Waals surface area contributed by atoms with Gasteiger partial charge in [-0.05, 0) is 70.6 Å². The molecule has 0 rings (SSSR count). The van der Waals surface area contributed by atoms with E-state index in [9.17, 15) is 14.4 Å². The van der Waals surface area contributed by atoms with Gasteiger partial charge in [0, 0.05) is 19.3 Å². The first kappa shape index (κ1) is 70.6. The summed E-state index contributed by atoms with van der Waals surface area (Å²) in [6, 6.07) is 0. The second-order valence-electron chi connectivity index (χ2n) is 22.1. The van der Waals surface area contributed by atoms with Crippen LogP contribution in [-0.4, -0.2) is 37.2 Å². The molecule has 0 radical (unpaired) electrons. The molecule has 0 amide bonds. The Morgan fingerprint density at radius 1 is 0.274 bits per heavy atom. The van der Waals surface area contributed by atoms with Gasteiger partial charge in [-0.15, -0.1) is 0 Å². The van der Waals surface area contributed by atoms with Gasteiger partial charge in [-0.3, -0.25) is 14.4 Å². The zero-order valence-electron chi connectivity index (χ0n) is 49.2. The molecule has 0 aromatic rings. The standard InChI is InChI=1S/C67H124O6/c1-4-7-10-13-16-19-22-25-28-31-34-37-39-42-45-48-51-54-57-60-66(69)72-63-64(73-67(70)61-58-55-52-49-46-43-40-36-33-30-27-24-21-18-15-12-9-6-3)62-71-65(68)59-56-53-50-47-44-41-38-35-32-29-26-23-20-17-14-11-8-5-2/h30-31,33-34,36,40,64H,4-29,32,35,37-39,41-63H2,1-3H3/b33-30-,34-31-,40-36-. The van der Waals surface area contributed by atoms with E-state index < -0.39 is 6.10 Å². The van der Waals surface area contributed by atoms with Crippen LogP contribution in [0.2, 0.25) is 0 Å². The van der Waals surface area contributed by atoms with Crippen LogP contribution >= 0.6 is 0 Å². The van der Waals surface area contributed by atoms with E-state index in [1.807, 2.05) is 0 Å². The summed E-state index contributed by atoms with van der Waals surface area (Å²) in [5.74, 6) is -0.871. The van der Waals surface area contributed by atoms with Crippen molar-refractivity contribution in [3.63, 3.8) is 0 Å². The fraction of sp³-hybridized carbons (Fsp3) is 0.866. The van der Waals surface area contributed by atoms with E-state index >= 15 is 0 Å². The number of esters is 3. The molecule has 428 valence electrons. The molecular formula is C67H124O6. The summed E-state index contributed by atoms with van der Waals surface area (Å²) in [7, 11) is 0. The van der Waals surface area contributed by atoms with Crippen LogP contribution in [0.15, 0.2) is 36.5 Å². The van der Waals surface area contributed by atoms with Crippen molar-refractivity contribution in [3.8, 4) is 0 Å². The minimum Gasteiger partial charge on any atom is -0.462 e. The molecule has 0 fully saturated rings. The average Bonchev–Trinajstić information content (AvgIpc) is 3.39. The maximum atomic E-state index is 12.9. The molecule has 1 unspecified atom stereocenters. The van der Waals surface area contributed by atoms with Crippen molar-refractivity contribution in [1.82, 2.24) is 0 Å². The molecule has 1 atom stereocenters. The van der Waals surface area contributed by atoms with E-state index in [1.54, 1.807) is 0 Å². The van der Waals surface area contributed by atoms with E-state index in [0.29, 0.717) is 19.3 Å². The second kappa shape index (κ2) is 62.2. The molecule has 0 heterocycles. The van der Waals surface area contributed by atoms with Crippen molar-refractivity contribution in [2.45, 2.75) is 361 Å². The Balaban J connectivity index is 4.36. The molecule has 6 heteroatoms. The van der Waals surface area contributed by atoms with Gasteiger partial charge >= 0.3 is 17.9 Å². The van der Waals surface area contributed by atoms with Crippen molar-refractivity contribution < 1.29 is 28.6 Å². The summed E-state index contributed by atoms with van der Waals surface area (Å²) < 4.78 is 16.9. The van der Waals surface area contributed by atoms with Gasteiger partial charge < -0.3 is 14.2 Å². The molecule has 0 aliphatic carbocycles. The van der Waals surface area contributed by atoms with Crippen LogP contribution < -0.4 is 0 Å². The zero-order chi connectivity index (χ0) is 52.9. The monoisotopic (exact) mass is 1020 g/mol. The highest BCUT2D eigenvalue weighted by Gasteiger charge is 2.19. The normalized spacial score (nSPS) is 12.2. The largest absolute Gasteiger partial charge is 0.462 e. The number of ether oxygens (including phenoxy) is 3. The van der Waals surface area contributed by atoms with Gasteiger partial charge in [-0.2, -0.15) is 0 Å². The SMILES string of the molecule is CCCCCCCCC/C=C\C=C/CCCCCCCC(=O)OC(COC(=O)CCCCCCCCC/C=C\CCCCCCCCCC)COC(=O)CCCCCCCCCCCCCCCCCCCC. The van der Waals surface area contributed by atoms with Crippen LogP contribution in [0, 0.1) is 0 Å². The van der Waals surface area contributed by atoms with Gasteiger partial charge in [-0.25, -0.2) is 0 Å². The zero-order valence-corrected chi connectivity index (χ0v) is 49.2. The minimum absolute atomic E-state index is 0.0756. The molecule has 73 heavy (non-hydrogen) atoms. The van der Waals surface area contributed by atoms with Crippen LogP contribution in [0.1, 0.15) is 355 Å². The van der Waals surface area contributed by atoms with Gasteiger partial charge in [0.15, 0.2) is 6.10 Å². The Labute approximate surface area is 455 Å². The van der Waals surface area contributed by atoms with Crippen molar-refractivity contribution in [2.75, 3.05) is 13.2 Å². The minimum atomic E-state index is -0.781. The molecule has 0 aromatic carbocycles. The van der Waals surface area contributed by atoms with E-state index in [0.717, 1.165) is 77.0 Å². The average molecular weight is 1030 g/mol. The van der Waals surface area contributed by atoms with E-state index in [-0.39, 0.29) is 31.1 Å². The number of hydrogen-bond acceptors (Lipinski definition) is 6. The first-order valence-electron chi connectivity index (χ1n) is 32.5. The lowest BCUT2D eigenvalue weighted by molar-refractivity contribution is -0.167. The van der Waals surface area contributed by atoms with Crippen LogP contribution in [-0.2, 0) is 28.6 Å². The summed E-state index contributed by atoms with van der Waals surface area (Å²) in [4.78, 5) is 38.3. The Kier molecular flexibility index (Phi) is 60.2. The predicted molar refractivity (Wildman–Crippen MR) is 316 cm³/mol. The quantitative estimate of drug-likeness (QED) is 0.0199. The third kappa shape index (κ3) is 60.4. The second-order valence-corrected chi connectivity index (χ2v) is 22.1. The molecule has 0 spiro atoms. The summed E-state index contributed by atoms with van der Waals surface area (Å²) in [6.45, 7) is 6.68. The van der Waals surface area contributed by atoms with Crippen LogP contribution in [0.5, 0.6) is 0 Å². The lowest BCUT2D eigenvalue weighted by Gasteiger charge is -2.18. The molecule has 6 nitrogen and oxygen atoms in total. The fourth-order valence-electron chi connectivity index (χ4n) is 9.73. The number of hydrogen-bond donors (Lipinski definition) is 0. The van der Waals surface area contributed by atoms with Crippen molar-refractivity contribution in [3.05, 3.63) is 36.5 Å². The Bertz CT molecular complexity index is 1220. The van der Waals surface area contributed by atoms with E-state index in [4.69, 9.17) is 14.2 Å². The van der Waals surface area contributed by atoms with Gasteiger partial charge in [0.2, 0.25) is 0 Å². The van der Waals surface area contributed by atoms with Gasteiger partial charge in [0.25, 0.3) is 0 Å². The Morgan fingerprint density at radius 2 is 0.493 bits per heavy atom. The Hall–Kier alpha value is -2.37. The fourth-order valence-corrected chi connectivity index (χ4v) is 9.73. The first-order chi connectivity index (χ1) is 36.0. The third-order valence-corrected chi connectivity index (χ3v) is 14.6. The van der Waals surface area contributed by atoms with E-state index in [1.165, 1.54) is 238 Å². The Morgan fingerprint density at radius 3 is 0.767 bits per heavy atom. The van der Waals surface area contributed by atoms with Crippen molar-refractivity contribution in [2.24, 2.45) is 0 Å². The molecule has 0 saturated heterocycles. The highest BCUT2D eigenvalue weighted by Crippen LogP contribution is 2.17. The molecule has 0 bridgehead atoms. The molecule has 0 aliphatic rings.